The number of hydrogen-bond donors (Lipinski definition) is 0. The molecule has 0 aliphatic heterocycles. The van der Waals surface area contributed by atoms with Crippen LogP contribution in [-0.2, 0) is 13.9 Å². The Balaban J connectivity index is 2.84. The van der Waals surface area contributed by atoms with Crippen molar-refractivity contribution in [2.24, 2.45) is 0 Å². The van der Waals surface area contributed by atoms with Gasteiger partial charge in [-0.2, -0.15) is 0 Å². The summed E-state index contributed by atoms with van der Waals surface area (Å²) in [4.78, 5) is 0. The minimum absolute atomic E-state index is 0.0266. The van der Waals surface area contributed by atoms with Crippen LogP contribution in [0.3, 0.4) is 0 Å². The molecule has 1 atom stereocenters. The van der Waals surface area contributed by atoms with Crippen LogP contribution in [0.4, 0.5) is 0 Å². The highest BCUT2D eigenvalue weighted by molar-refractivity contribution is 6.31. The number of methoxy groups -OCH3 is 2. The van der Waals surface area contributed by atoms with E-state index in [1.807, 2.05) is 25.1 Å². The van der Waals surface area contributed by atoms with Crippen LogP contribution in [0.1, 0.15) is 43.9 Å². The van der Waals surface area contributed by atoms with Crippen molar-refractivity contribution in [3.05, 3.63) is 42.0 Å². The van der Waals surface area contributed by atoms with Gasteiger partial charge in [-0.3, -0.25) is 0 Å². The molecular formula is C16H24O3Si. The fourth-order valence-corrected chi connectivity index (χ4v) is 2.97. The number of benzene rings is 1. The Hall–Kier alpha value is -0.943. The van der Waals surface area contributed by atoms with Crippen molar-refractivity contribution in [1.82, 2.24) is 0 Å². The monoisotopic (exact) mass is 292 g/mol. The fourth-order valence-electron chi connectivity index (χ4n) is 2.05. The third-order valence-electron chi connectivity index (χ3n) is 3.42. The Labute approximate surface area is 124 Å². The van der Waals surface area contributed by atoms with E-state index in [9.17, 15) is 0 Å². The summed E-state index contributed by atoms with van der Waals surface area (Å²) in [5.74, 6) is 0. The molecule has 0 fully saturated rings. The lowest BCUT2D eigenvalue weighted by Crippen LogP contribution is -2.41. The van der Waals surface area contributed by atoms with Crippen LogP contribution >= 0.6 is 0 Å². The topological polar surface area (TPSA) is 27.7 Å². The molecule has 0 aliphatic carbocycles. The van der Waals surface area contributed by atoms with Crippen molar-refractivity contribution >= 4 is 15.8 Å². The third kappa shape index (κ3) is 4.02. The molecule has 4 heteroatoms. The summed E-state index contributed by atoms with van der Waals surface area (Å²) in [5, 5.41) is 0. The van der Waals surface area contributed by atoms with Crippen molar-refractivity contribution < 1.29 is 13.9 Å². The minimum atomic E-state index is -0.642. The largest absolute Gasteiger partial charge is 0.405 e. The van der Waals surface area contributed by atoms with Gasteiger partial charge in [0.15, 0.2) is 5.41 Å². The molecule has 0 N–H and O–H groups in total. The van der Waals surface area contributed by atoms with Gasteiger partial charge in [0.25, 0.3) is 0 Å². The van der Waals surface area contributed by atoms with Gasteiger partial charge >= 0.3 is 9.76 Å². The molecular weight excluding hydrogens is 268 g/mol. The molecule has 1 rings (SSSR count). The molecule has 2 radical (unpaired) electrons. The maximum absolute atomic E-state index is 6.09. The van der Waals surface area contributed by atoms with Gasteiger partial charge in [-0.05, 0) is 24.0 Å². The van der Waals surface area contributed by atoms with Crippen LogP contribution in [-0.4, -0.2) is 29.4 Å². The molecule has 1 aromatic rings. The summed E-state index contributed by atoms with van der Waals surface area (Å²) in [5.41, 5.74) is 1.63. The normalized spacial score (nSPS) is 13.2. The van der Waals surface area contributed by atoms with E-state index < -0.39 is 5.41 Å². The molecule has 0 spiro atoms. The van der Waals surface area contributed by atoms with Gasteiger partial charge in [0.1, 0.15) is 0 Å². The van der Waals surface area contributed by atoms with Crippen molar-refractivity contribution in [3.8, 4) is 0 Å². The Morgan fingerprint density at radius 3 is 2.40 bits per heavy atom. The van der Waals surface area contributed by atoms with E-state index in [-0.39, 0.29) is 15.9 Å². The van der Waals surface area contributed by atoms with E-state index in [1.54, 1.807) is 14.2 Å². The molecule has 0 saturated heterocycles. The Kier molecular flexibility index (Phi) is 7.16. The zero-order chi connectivity index (χ0) is 15.0. The van der Waals surface area contributed by atoms with E-state index in [0.717, 1.165) is 24.0 Å². The van der Waals surface area contributed by atoms with Gasteiger partial charge < -0.3 is 13.9 Å². The highest BCUT2D eigenvalue weighted by Crippen LogP contribution is 2.27. The lowest BCUT2D eigenvalue weighted by molar-refractivity contribution is -0.155. The van der Waals surface area contributed by atoms with E-state index in [0.29, 0.717) is 0 Å². The average Bonchev–Trinajstić information content (AvgIpc) is 2.52. The maximum Gasteiger partial charge on any atom is 0.304 e. The molecule has 110 valence electrons. The van der Waals surface area contributed by atoms with Gasteiger partial charge in [0.2, 0.25) is 0 Å². The quantitative estimate of drug-likeness (QED) is 0.512. The fraction of sp³-hybridized carbons (Fsp3) is 0.500. The zero-order valence-corrected chi connectivity index (χ0v) is 13.8. The SMILES string of the molecule is C=Cc1ccccc1C(CC)O[Si]C(CC)(OC)OC. The molecule has 1 aromatic carbocycles. The molecule has 0 aromatic heterocycles. The molecule has 0 saturated carbocycles. The van der Waals surface area contributed by atoms with E-state index in [2.05, 4.69) is 25.6 Å². The number of rotatable bonds is 9. The standard InChI is InChI=1S/C16H24O3Si/c1-6-13-11-9-10-12-14(13)15(7-2)19-20-16(8-3,17-4)18-5/h6,9-12,15H,1,7-8H2,2-5H3. The van der Waals surface area contributed by atoms with Gasteiger partial charge in [-0.1, -0.05) is 50.8 Å². The second-order valence-corrected chi connectivity index (χ2v) is 5.67. The van der Waals surface area contributed by atoms with Crippen LogP contribution in [0.15, 0.2) is 30.8 Å². The first kappa shape index (κ1) is 17.1. The van der Waals surface area contributed by atoms with E-state index >= 15 is 0 Å². The van der Waals surface area contributed by atoms with E-state index in [1.165, 1.54) is 0 Å². The van der Waals surface area contributed by atoms with Crippen LogP contribution in [0, 0.1) is 0 Å². The summed E-state index contributed by atoms with van der Waals surface area (Å²) in [6.07, 6.45) is 3.53. The summed E-state index contributed by atoms with van der Waals surface area (Å²) in [6.45, 7) is 8.01. The second-order valence-electron chi connectivity index (χ2n) is 4.46. The van der Waals surface area contributed by atoms with Crippen LogP contribution in [0.5, 0.6) is 0 Å². The van der Waals surface area contributed by atoms with Crippen LogP contribution in [0.2, 0.25) is 0 Å². The van der Waals surface area contributed by atoms with Crippen LogP contribution < -0.4 is 0 Å². The predicted octanol–water partition coefficient (Wildman–Crippen LogP) is 3.77. The van der Waals surface area contributed by atoms with Crippen molar-refractivity contribution in [2.45, 2.75) is 38.2 Å². The maximum atomic E-state index is 6.09. The third-order valence-corrected chi connectivity index (χ3v) is 4.89. The number of ether oxygens (including phenoxy) is 2. The first-order valence-electron chi connectivity index (χ1n) is 6.90. The van der Waals surface area contributed by atoms with Gasteiger partial charge in [-0.25, -0.2) is 0 Å². The molecule has 0 bridgehead atoms. The highest BCUT2D eigenvalue weighted by atomic mass is 28.2. The summed E-state index contributed by atoms with van der Waals surface area (Å²) >= 11 is 0. The number of hydrogen-bond acceptors (Lipinski definition) is 3. The molecule has 0 aliphatic rings. The molecule has 20 heavy (non-hydrogen) atoms. The van der Waals surface area contributed by atoms with Gasteiger partial charge in [-0.15, -0.1) is 0 Å². The molecule has 0 heterocycles. The molecule has 3 nitrogen and oxygen atoms in total. The first-order chi connectivity index (χ1) is 9.66. The lowest BCUT2D eigenvalue weighted by Gasteiger charge is -2.30. The second kappa shape index (κ2) is 8.37. The van der Waals surface area contributed by atoms with E-state index in [4.69, 9.17) is 13.9 Å². The van der Waals surface area contributed by atoms with Crippen molar-refractivity contribution in [1.29, 1.82) is 0 Å². The Morgan fingerprint density at radius 1 is 1.25 bits per heavy atom. The van der Waals surface area contributed by atoms with Crippen molar-refractivity contribution in [3.63, 3.8) is 0 Å². The smallest absolute Gasteiger partial charge is 0.304 e. The van der Waals surface area contributed by atoms with Crippen molar-refractivity contribution in [2.75, 3.05) is 14.2 Å². The summed E-state index contributed by atoms with van der Waals surface area (Å²) in [6, 6.07) is 8.17. The summed E-state index contributed by atoms with van der Waals surface area (Å²) in [7, 11) is 3.43. The average molecular weight is 292 g/mol. The predicted molar refractivity (Wildman–Crippen MR) is 83.4 cm³/mol. The van der Waals surface area contributed by atoms with Gasteiger partial charge in [0.05, 0.1) is 6.10 Å². The lowest BCUT2D eigenvalue weighted by atomic mass is 10.0. The van der Waals surface area contributed by atoms with Gasteiger partial charge in [0, 0.05) is 14.2 Å². The molecule has 0 amide bonds. The highest BCUT2D eigenvalue weighted by Gasteiger charge is 2.31. The summed E-state index contributed by atoms with van der Waals surface area (Å²) < 4.78 is 17.0. The Morgan fingerprint density at radius 2 is 1.90 bits per heavy atom. The molecule has 1 unspecified atom stereocenters. The minimum Gasteiger partial charge on any atom is -0.405 e. The zero-order valence-electron chi connectivity index (χ0n) is 12.8. The Bertz CT molecular complexity index is 408. The first-order valence-corrected chi connectivity index (χ1v) is 7.81. The van der Waals surface area contributed by atoms with Crippen LogP contribution in [0.25, 0.3) is 6.08 Å².